The van der Waals surface area contributed by atoms with Gasteiger partial charge in [0.05, 0.1) is 23.7 Å². The number of carboxylic acids is 1. The number of carbonyl (C=O) groups excluding carboxylic acids is 1. The molecule has 0 saturated carbocycles. The highest BCUT2D eigenvalue weighted by atomic mass is 16.4. The van der Waals surface area contributed by atoms with Gasteiger partial charge in [-0.2, -0.15) is 0 Å². The highest BCUT2D eigenvalue weighted by Gasteiger charge is 2.10. The molecular weight excluding hydrogens is 356 g/mol. The number of carboxylic acid groups (broad SMARTS) is 1. The van der Waals surface area contributed by atoms with Gasteiger partial charge in [-0.25, -0.2) is 9.78 Å². The molecule has 28 heavy (non-hydrogen) atoms. The van der Waals surface area contributed by atoms with Gasteiger partial charge in [-0.1, -0.05) is 6.07 Å². The molecule has 0 bridgehead atoms. The van der Waals surface area contributed by atoms with E-state index in [4.69, 9.17) is 5.11 Å². The summed E-state index contributed by atoms with van der Waals surface area (Å²) < 4.78 is 0. The van der Waals surface area contributed by atoms with E-state index < -0.39 is 5.97 Å². The smallest absolute Gasteiger partial charge is 0.335 e. The zero-order valence-corrected chi connectivity index (χ0v) is 15.6. The summed E-state index contributed by atoms with van der Waals surface area (Å²) in [7, 11) is 0. The predicted molar refractivity (Wildman–Crippen MR) is 105 cm³/mol. The Morgan fingerprint density at radius 2 is 1.82 bits per heavy atom. The number of pyridine rings is 1. The largest absolute Gasteiger partial charge is 0.478 e. The number of hydrogen-bond acceptors (Lipinski definition) is 5. The molecule has 1 amide bonds. The molecule has 2 heterocycles. The van der Waals surface area contributed by atoms with E-state index in [9.17, 15) is 9.59 Å². The van der Waals surface area contributed by atoms with Crippen molar-refractivity contribution in [3.8, 4) is 0 Å². The van der Waals surface area contributed by atoms with E-state index in [-0.39, 0.29) is 11.5 Å². The van der Waals surface area contributed by atoms with Crippen LogP contribution >= 0.6 is 0 Å². The molecule has 0 aliphatic rings. The molecule has 0 saturated heterocycles. The number of aryl methyl sites for hydroxylation is 4. The summed E-state index contributed by atoms with van der Waals surface area (Å²) in [5, 5.41) is 11.9. The fraction of sp³-hybridized carbons (Fsp3) is 0.190. The van der Waals surface area contributed by atoms with Crippen LogP contribution in [0.25, 0.3) is 0 Å². The highest BCUT2D eigenvalue weighted by molar-refractivity contribution is 6.04. The minimum atomic E-state index is -0.939. The Morgan fingerprint density at radius 3 is 2.50 bits per heavy atom. The van der Waals surface area contributed by atoms with Crippen molar-refractivity contribution in [1.82, 2.24) is 15.0 Å². The van der Waals surface area contributed by atoms with E-state index in [0.29, 0.717) is 24.2 Å². The number of nitrogens with zero attached hydrogens (tertiary/aromatic N) is 3. The van der Waals surface area contributed by atoms with Crippen LogP contribution < -0.4 is 5.32 Å². The standard InChI is InChI=1S/C21H20N4O3/c1-13-3-4-16(21(27)28)9-15(13)5-6-17-11-24-19(12-23-17)25-20(26)18-7-8-22-10-14(18)2/h3-4,7-12H,5-6H2,1-2H3,(H,27,28)(H,24,25,26). The van der Waals surface area contributed by atoms with Gasteiger partial charge in [-0.05, 0) is 61.6 Å². The molecule has 3 aromatic rings. The lowest BCUT2D eigenvalue weighted by molar-refractivity contribution is 0.0696. The average molecular weight is 376 g/mol. The number of rotatable bonds is 6. The molecule has 1 aromatic carbocycles. The minimum absolute atomic E-state index is 0.261. The third-order valence-corrected chi connectivity index (χ3v) is 4.46. The van der Waals surface area contributed by atoms with Gasteiger partial charge < -0.3 is 10.4 Å². The monoisotopic (exact) mass is 376 g/mol. The molecule has 0 fully saturated rings. The Bertz CT molecular complexity index is 1020. The lowest BCUT2D eigenvalue weighted by atomic mass is 10.00. The Labute approximate surface area is 162 Å². The van der Waals surface area contributed by atoms with Crippen molar-refractivity contribution in [1.29, 1.82) is 0 Å². The van der Waals surface area contributed by atoms with Crippen LogP contribution in [0.2, 0.25) is 0 Å². The summed E-state index contributed by atoms with van der Waals surface area (Å²) in [6.45, 7) is 3.77. The van der Waals surface area contributed by atoms with E-state index in [1.165, 1.54) is 6.20 Å². The number of nitrogens with one attached hydrogen (secondary N) is 1. The second-order valence-corrected chi connectivity index (χ2v) is 6.48. The number of aromatic nitrogens is 3. The van der Waals surface area contributed by atoms with Crippen LogP contribution in [0.5, 0.6) is 0 Å². The second kappa shape index (κ2) is 8.39. The third kappa shape index (κ3) is 4.56. The maximum atomic E-state index is 12.3. The zero-order valence-electron chi connectivity index (χ0n) is 15.6. The number of anilines is 1. The number of benzene rings is 1. The molecule has 7 heteroatoms. The lowest BCUT2D eigenvalue weighted by Gasteiger charge is -2.08. The first kappa shape index (κ1) is 19.2. The molecule has 3 rings (SSSR count). The van der Waals surface area contributed by atoms with E-state index in [1.54, 1.807) is 36.8 Å². The van der Waals surface area contributed by atoms with Crippen LogP contribution in [0.3, 0.4) is 0 Å². The van der Waals surface area contributed by atoms with E-state index in [0.717, 1.165) is 22.4 Å². The number of hydrogen-bond donors (Lipinski definition) is 2. The summed E-state index contributed by atoms with van der Waals surface area (Å²) in [4.78, 5) is 36.0. The van der Waals surface area contributed by atoms with Crippen LogP contribution in [0.1, 0.15) is 43.1 Å². The second-order valence-electron chi connectivity index (χ2n) is 6.48. The average Bonchev–Trinajstić information content (AvgIpc) is 2.68. The summed E-state index contributed by atoms with van der Waals surface area (Å²) in [6, 6.07) is 6.75. The SMILES string of the molecule is Cc1ccc(C(=O)O)cc1CCc1cnc(NC(=O)c2ccncc2C)cn1. The minimum Gasteiger partial charge on any atom is -0.478 e. The van der Waals surface area contributed by atoms with Crippen LogP contribution in [-0.4, -0.2) is 31.9 Å². The van der Waals surface area contributed by atoms with Crippen LogP contribution in [0, 0.1) is 13.8 Å². The van der Waals surface area contributed by atoms with Gasteiger partial charge in [0.25, 0.3) is 5.91 Å². The maximum Gasteiger partial charge on any atom is 0.335 e. The molecule has 0 spiro atoms. The number of amides is 1. The fourth-order valence-electron chi connectivity index (χ4n) is 2.80. The van der Waals surface area contributed by atoms with Crippen molar-refractivity contribution in [2.45, 2.75) is 26.7 Å². The van der Waals surface area contributed by atoms with Crippen molar-refractivity contribution in [3.05, 3.63) is 82.6 Å². The molecular formula is C21H20N4O3. The van der Waals surface area contributed by atoms with Gasteiger partial charge in [0.2, 0.25) is 0 Å². The van der Waals surface area contributed by atoms with Crippen molar-refractivity contribution >= 4 is 17.7 Å². The summed E-state index contributed by atoms with van der Waals surface area (Å²) in [5.41, 5.74) is 4.36. The van der Waals surface area contributed by atoms with Gasteiger partial charge in [-0.15, -0.1) is 0 Å². The molecule has 0 unspecified atom stereocenters. The molecule has 0 aliphatic heterocycles. The Balaban J connectivity index is 1.64. The zero-order chi connectivity index (χ0) is 20.1. The molecule has 7 nitrogen and oxygen atoms in total. The lowest BCUT2D eigenvalue weighted by Crippen LogP contribution is -2.15. The van der Waals surface area contributed by atoms with Crippen LogP contribution in [-0.2, 0) is 12.8 Å². The number of aromatic carboxylic acids is 1. The van der Waals surface area contributed by atoms with Gasteiger partial charge >= 0.3 is 5.97 Å². The Hall–Kier alpha value is -3.61. The first-order valence-electron chi connectivity index (χ1n) is 8.80. The topological polar surface area (TPSA) is 105 Å². The fourth-order valence-corrected chi connectivity index (χ4v) is 2.80. The van der Waals surface area contributed by atoms with Gasteiger partial charge in [0.15, 0.2) is 5.82 Å². The van der Waals surface area contributed by atoms with Gasteiger partial charge in [0.1, 0.15) is 0 Å². The first-order chi connectivity index (χ1) is 13.4. The van der Waals surface area contributed by atoms with Crippen LogP contribution in [0.4, 0.5) is 5.82 Å². The molecule has 0 atom stereocenters. The van der Waals surface area contributed by atoms with Gasteiger partial charge in [-0.3, -0.25) is 14.8 Å². The van der Waals surface area contributed by atoms with Crippen molar-refractivity contribution in [2.24, 2.45) is 0 Å². The summed E-state index contributed by atoms with van der Waals surface area (Å²) in [6.07, 6.45) is 7.61. The Kier molecular flexibility index (Phi) is 5.74. The van der Waals surface area contributed by atoms with Crippen LogP contribution in [0.15, 0.2) is 49.1 Å². The Morgan fingerprint density at radius 1 is 1.00 bits per heavy atom. The van der Waals surface area contributed by atoms with Crippen molar-refractivity contribution in [3.63, 3.8) is 0 Å². The third-order valence-electron chi connectivity index (χ3n) is 4.46. The highest BCUT2D eigenvalue weighted by Crippen LogP contribution is 2.15. The number of carbonyl (C=O) groups is 2. The van der Waals surface area contributed by atoms with Crippen molar-refractivity contribution in [2.75, 3.05) is 5.32 Å². The summed E-state index contributed by atoms with van der Waals surface area (Å²) in [5.74, 6) is -0.831. The molecule has 0 aliphatic carbocycles. The van der Waals surface area contributed by atoms with Crippen molar-refractivity contribution < 1.29 is 14.7 Å². The van der Waals surface area contributed by atoms with E-state index in [1.807, 2.05) is 19.9 Å². The molecule has 2 aromatic heterocycles. The molecule has 2 N–H and O–H groups in total. The van der Waals surface area contributed by atoms with E-state index in [2.05, 4.69) is 20.3 Å². The predicted octanol–water partition coefficient (Wildman–Crippen LogP) is 3.22. The quantitative estimate of drug-likeness (QED) is 0.684. The molecule has 0 radical (unpaired) electrons. The summed E-state index contributed by atoms with van der Waals surface area (Å²) >= 11 is 0. The maximum absolute atomic E-state index is 12.3. The van der Waals surface area contributed by atoms with Gasteiger partial charge in [0, 0.05) is 18.0 Å². The van der Waals surface area contributed by atoms with E-state index >= 15 is 0 Å². The first-order valence-corrected chi connectivity index (χ1v) is 8.80. The normalized spacial score (nSPS) is 10.5. The molecule has 142 valence electrons.